The third kappa shape index (κ3) is 1.23. The average Bonchev–Trinajstić information content (AvgIpc) is 2.12. The second-order valence-electron chi connectivity index (χ2n) is 3.12. The molecule has 1 aromatic carbocycles. The summed E-state index contributed by atoms with van der Waals surface area (Å²) >= 11 is 0. The lowest BCUT2D eigenvalue weighted by Gasteiger charge is -2.24. The topological polar surface area (TPSA) is 61.3 Å². The zero-order chi connectivity index (χ0) is 9.42. The van der Waals surface area contributed by atoms with Crippen molar-refractivity contribution in [3.8, 4) is 5.75 Å². The van der Waals surface area contributed by atoms with E-state index in [2.05, 4.69) is 0 Å². The quantitative estimate of drug-likeness (QED) is 0.592. The Labute approximate surface area is 75.5 Å². The van der Waals surface area contributed by atoms with Gasteiger partial charge in [0.1, 0.15) is 17.3 Å². The van der Waals surface area contributed by atoms with E-state index in [4.69, 9.17) is 16.2 Å². The van der Waals surface area contributed by atoms with Gasteiger partial charge in [-0.05, 0) is 6.07 Å². The molecule has 1 aromatic rings. The molecule has 0 amide bonds. The fraction of sp³-hybridized carbons (Fsp3) is 0.333. The molecule has 2 rings (SSSR count). The molecule has 1 aliphatic rings. The molecule has 0 radical (unpaired) electrons. The largest absolute Gasteiger partial charge is 0.491 e. The summed E-state index contributed by atoms with van der Waals surface area (Å²) < 4.78 is 18.2. The van der Waals surface area contributed by atoms with Crippen molar-refractivity contribution in [3.63, 3.8) is 0 Å². The van der Waals surface area contributed by atoms with Crippen LogP contribution in [0.15, 0.2) is 12.1 Å². The van der Waals surface area contributed by atoms with Crippen molar-refractivity contribution in [2.24, 2.45) is 5.73 Å². The Morgan fingerprint density at radius 2 is 2.23 bits per heavy atom. The highest BCUT2D eigenvalue weighted by molar-refractivity contribution is 5.59. The minimum atomic E-state index is -0.451. The van der Waals surface area contributed by atoms with E-state index in [1.165, 1.54) is 6.07 Å². The van der Waals surface area contributed by atoms with Crippen molar-refractivity contribution in [3.05, 3.63) is 23.5 Å². The molecule has 0 saturated heterocycles. The minimum Gasteiger partial charge on any atom is -0.491 e. The maximum atomic E-state index is 13.0. The molecule has 0 spiro atoms. The van der Waals surface area contributed by atoms with Gasteiger partial charge in [-0.15, -0.1) is 0 Å². The van der Waals surface area contributed by atoms with Crippen LogP contribution in [0.25, 0.3) is 0 Å². The minimum absolute atomic E-state index is 0.0626. The summed E-state index contributed by atoms with van der Waals surface area (Å²) in [6.07, 6.45) is 0.748. The van der Waals surface area contributed by atoms with Gasteiger partial charge in [0.2, 0.25) is 0 Å². The maximum absolute atomic E-state index is 13.0. The Morgan fingerprint density at radius 1 is 1.46 bits per heavy atom. The van der Waals surface area contributed by atoms with Crippen LogP contribution in [-0.2, 0) is 0 Å². The first-order chi connectivity index (χ1) is 6.20. The Bertz CT molecular complexity index is 341. The van der Waals surface area contributed by atoms with E-state index in [1.54, 1.807) is 6.07 Å². The van der Waals surface area contributed by atoms with Crippen LogP contribution < -0.4 is 16.2 Å². The summed E-state index contributed by atoms with van der Waals surface area (Å²) in [7, 11) is 0. The fourth-order valence-electron chi connectivity index (χ4n) is 1.49. The molecule has 70 valence electrons. The summed E-state index contributed by atoms with van der Waals surface area (Å²) in [4.78, 5) is 0. The molecule has 0 fully saturated rings. The van der Waals surface area contributed by atoms with Gasteiger partial charge in [-0.25, -0.2) is 4.39 Å². The molecule has 0 saturated carbocycles. The molecule has 0 aliphatic carbocycles. The molecule has 0 bridgehead atoms. The van der Waals surface area contributed by atoms with Crippen molar-refractivity contribution < 1.29 is 9.13 Å². The predicted molar refractivity (Wildman–Crippen MR) is 47.9 cm³/mol. The monoisotopic (exact) mass is 182 g/mol. The second kappa shape index (κ2) is 2.88. The van der Waals surface area contributed by atoms with Crippen molar-refractivity contribution in [2.45, 2.75) is 12.5 Å². The molecule has 1 heterocycles. The summed E-state index contributed by atoms with van der Waals surface area (Å²) in [6, 6.07) is 2.86. The maximum Gasteiger partial charge on any atom is 0.149 e. The summed E-state index contributed by atoms with van der Waals surface area (Å²) in [5.41, 5.74) is 12.2. The highest BCUT2D eigenvalue weighted by Gasteiger charge is 2.21. The molecule has 1 atom stereocenters. The Hall–Kier alpha value is -1.29. The summed E-state index contributed by atoms with van der Waals surface area (Å²) in [5.74, 6) is -0.0356. The normalized spacial score (nSPS) is 20.6. The van der Waals surface area contributed by atoms with Crippen molar-refractivity contribution >= 4 is 5.69 Å². The number of anilines is 1. The smallest absolute Gasteiger partial charge is 0.149 e. The van der Waals surface area contributed by atoms with E-state index >= 15 is 0 Å². The number of hydrogen-bond donors (Lipinski definition) is 2. The van der Waals surface area contributed by atoms with Gasteiger partial charge < -0.3 is 16.2 Å². The number of nitrogens with two attached hydrogens (primary N) is 2. The molecule has 4 N–H and O–H groups in total. The number of fused-ring (bicyclic) bond motifs is 1. The third-order valence-corrected chi connectivity index (χ3v) is 2.25. The number of rotatable bonds is 0. The molecule has 13 heavy (non-hydrogen) atoms. The van der Waals surface area contributed by atoms with Gasteiger partial charge in [0.15, 0.2) is 0 Å². The highest BCUT2D eigenvalue weighted by atomic mass is 19.1. The van der Waals surface area contributed by atoms with E-state index in [-0.39, 0.29) is 11.7 Å². The van der Waals surface area contributed by atoms with Crippen LogP contribution in [0.1, 0.15) is 18.0 Å². The molecule has 4 heteroatoms. The van der Waals surface area contributed by atoms with Crippen molar-refractivity contribution in [1.82, 2.24) is 0 Å². The molecular formula is C9H11FN2O. The first-order valence-electron chi connectivity index (χ1n) is 4.16. The first-order valence-corrected chi connectivity index (χ1v) is 4.16. The predicted octanol–water partition coefficient (Wildman–Crippen LogP) is 1.19. The van der Waals surface area contributed by atoms with Gasteiger partial charge >= 0.3 is 0 Å². The number of hydrogen-bond acceptors (Lipinski definition) is 3. The lowest BCUT2D eigenvalue weighted by Crippen LogP contribution is -2.21. The van der Waals surface area contributed by atoms with E-state index in [0.717, 1.165) is 12.0 Å². The van der Waals surface area contributed by atoms with Crippen LogP contribution in [0.5, 0.6) is 5.75 Å². The van der Waals surface area contributed by atoms with E-state index in [1.807, 2.05) is 0 Å². The number of benzene rings is 1. The van der Waals surface area contributed by atoms with E-state index in [9.17, 15) is 4.39 Å². The lowest BCUT2D eigenvalue weighted by atomic mass is 10.0. The van der Waals surface area contributed by atoms with E-state index < -0.39 is 5.82 Å². The lowest BCUT2D eigenvalue weighted by molar-refractivity contribution is 0.269. The Kier molecular flexibility index (Phi) is 1.84. The number of halogens is 1. The van der Waals surface area contributed by atoms with Crippen molar-refractivity contribution in [1.29, 1.82) is 0 Å². The SMILES string of the molecule is Nc1c(F)ccc2c1OCCC2N. The van der Waals surface area contributed by atoms with Gasteiger partial charge in [0.25, 0.3) is 0 Å². The first kappa shape index (κ1) is 8.31. The van der Waals surface area contributed by atoms with Gasteiger partial charge in [0, 0.05) is 18.0 Å². The summed E-state index contributed by atoms with van der Waals surface area (Å²) in [5, 5.41) is 0. The van der Waals surface area contributed by atoms with Crippen LogP contribution in [0.4, 0.5) is 10.1 Å². The molecule has 1 aliphatic heterocycles. The van der Waals surface area contributed by atoms with E-state index in [0.29, 0.717) is 12.4 Å². The fourth-order valence-corrected chi connectivity index (χ4v) is 1.49. The second-order valence-corrected chi connectivity index (χ2v) is 3.12. The van der Waals surface area contributed by atoms with Crippen LogP contribution in [-0.4, -0.2) is 6.61 Å². The molecule has 3 nitrogen and oxygen atoms in total. The highest BCUT2D eigenvalue weighted by Crippen LogP contribution is 2.36. The Balaban J connectivity index is 2.56. The zero-order valence-electron chi connectivity index (χ0n) is 7.09. The standard InChI is InChI=1S/C9H11FN2O/c10-6-2-1-5-7(11)3-4-13-9(5)8(6)12/h1-2,7H,3-4,11-12H2. The van der Waals surface area contributed by atoms with Crippen molar-refractivity contribution in [2.75, 3.05) is 12.3 Å². The van der Waals surface area contributed by atoms with Gasteiger partial charge in [-0.1, -0.05) is 6.07 Å². The number of nitrogen functional groups attached to an aromatic ring is 1. The molecular weight excluding hydrogens is 171 g/mol. The van der Waals surface area contributed by atoms with Crippen LogP contribution in [0.3, 0.4) is 0 Å². The Morgan fingerprint density at radius 3 is 3.00 bits per heavy atom. The van der Waals surface area contributed by atoms with Gasteiger partial charge in [0.05, 0.1) is 6.61 Å². The summed E-state index contributed by atoms with van der Waals surface area (Å²) in [6.45, 7) is 0.502. The number of ether oxygens (including phenoxy) is 1. The third-order valence-electron chi connectivity index (χ3n) is 2.25. The van der Waals surface area contributed by atoms with Gasteiger partial charge in [-0.3, -0.25) is 0 Å². The average molecular weight is 182 g/mol. The molecule has 1 unspecified atom stereocenters. The van der Waals surface area contributed by atoms with Crippen LogP contribution in [0, 0.1) is 5.82 Å². The van der Waals surface area contributed by atoms with Crippen LogP contribution >= 0.6 is 0 Å². The molecule has 0 aromatic heterocycles. The van der Waals surface area contributed by atoms with Gasteiger partial charge in [-0.2, -0.15) is 0 Å². The zero-order valence-corrected chi connectivity index (χ0v) is 7.09. The van der Waals surface area contributed by atoms with Crippen LogP contribution in [0.2, 0.25) is 0 Å².